The average Bonchev–Trinajstić information content (AvgIpc) is 2.50. The third kappa shape index (κ3) is 4.36. The van der Waals surface area contributed by atoms with Gasteiger partial charge in [0, 0.05) is 11.9 Å². The fraction of sp³-hybridized carbons (Fsp3) is 0.133. The molecule has 2 rings (SSSR count). The molecule has 1 heterocycles. The summed E-state index contributed by atoms with van der Waals surface area (Å²) in [5.41, 5.74) is -0.753. The quantitative estimate of drug-likeness (QED) is 0.882. The number of benzene rings is 1. The molecule has 0 unspecified atom stereocenters. The highest BCUT2D eigenvalue weighted by atomic mass is 35.5. The molecule has 0 radical (unpaired) electrons. The second-order valence-electron chi connectivity index (χ2n) is 4.48. The van der Waals surface area contributed by atoms with Gasteiger partial charge in [-0.15, -0.1) is 0 Å². The number of aromatic nitrogens is 1. The Labute approximate surface area is 139 Å². The van der Waals surface area contributed by atoms with Crippen LogP contribution in [-0.4, -0.2) is 10.9 Å². The van der Waals surface area contributed by atoms with E-state index >= 15 is 0 Å². The number of alkyl halides is 3. The highest BCUT2D eigenvalue weighted by Gasteiger charge is 2.35. The summed E-state index contributed by atoms with van der Waals surface area (Å²) in [5, 5.41) is 10.8. The molecule has 0 aliphatic heterocycles. The van der Waals surface area contributed by atoms with Crippen LogP contribution in [0.2, 0.25) is 5.02 Å². The summed E-state index contributed by atoms with van der Waals surface area (Å²) in [6.45, 7) is 0. The smallest absolute Gasteiger partial charge is 0.421 e. The fourth-order valence-corrected chi connectivity index (χ4v) is 1.95. The van der Waals surface area contributed by atoms with Crippen molar-refractivity contribution in [2.75, 3.05) is 5.32 Å². The molecule has 2 aromatic rings. The summed E-state index contributed by atoms with van der Waals surface area (Å²) in [5.74, 6) is -1.22. The highest BCUT2D eigenvalue weighted by molar-refractivity contribution is 6.32. The van der Waals surface area contributed by atoms with Crippen LogP contribution in [0.25, 0.3) is 0 Å². The molecule has 124 valence electrons. The van der Waals surface area contributed by atoms with Gasteiger partial charge in [-0.2, -0.15) is 18.4 Å². The van der Waals surface area contributed by atoms with Crippen LogP contribution in [0.1, 0.15) is 12.0 Å². The molecule has 0 spiro atoms. The van der Waals surface area contributed by atoms with Crippen molar-refractivity contribution in [3.63, 3.8) is 0 Å². The Bertz CT molecular complexity index is 803. The molecule has 0 saturated heterocycles. The van der Waals surface area contributed by atoms with E-state index in [0.29, 0.717) is 0 Å². The number of hydrogen-bond acceptors (Lipinski definition) is 4. The number of ether oxygens (including phenoxy) is 1. The molecule has 1 amide bonds. The van der Waals surface area contributed by atoms with Gasteiger partial charge >= 0.3 is 6.18 Å². The Morgan fingerprint density at radius 1 is 1.38 bits per heavy atom. The van der Waals surface area contributed by atoms with Crippen molar-refractivity contribution in [3.8, 4) is 17.7 Å². The number of nitriles is 1. The molecule has 0 fully saturated rings. The van der Waals surface area contributed by atoms with Gasteiger partial charge in [-0.05, 0) is 30.3 Å². The predicted molar refractivity (Wildman–Crippen MR) is 79.6 cm³/mol. The normalized spacial score (nSPS) is 10.8. The number of anilines is 1. The van der Waals surface area contributed by atoms with Crippen molar-refractivity contribution < 1.29 is 22.7 Å². The predicted octanol–water partition coefficient (Wildman–Crippen LogP) is 4.40. The zero-order valence-electron chi connectivity index (χ0n) is 11.9. The number of pyridine rings is 1. The van der Waals surface area contributed by atoms with E-state index in [-0.39, 0.29) is 22.9 Å². The van der Waals surface area contributed by atoms with E-state index in [1.54, 1.807) is 6.07 Å². The summed E-state index contributed by atoms with van der Waals surface area (Å²) in [6.07, 6.45) is -3.80. The molecular weight excluding hydrogens is 347 g/mol. The summed E-state index contributed by atoms with van der Waals surface area (Å²) in [4.78, 5) is 14.9. The summed E-state index contributed by atoms with van der Waals surface area (Å²) < 4.78 is 43.9. The van der Waals surface area contributed by atoms with E-state index < -0.39 is 23.5 Å². The largest absolute Gasteiger partial charge is 0.437 e. The van der Waals surface area contributed by atoms with Gasteiger partial charge in [-0.3, -0.25) is 4.79 Å². The van der Waals surface area contributed by atoms with Crippen LogP contribution in [-0.2, 0) is 11.0 Å². The standard InChI is InChI=1S/C15H9ClF3N3O2/c16-11-8-9(22-13(23)5-6-20)3-4-12(11)24-14-10(15(17,18)19)2-1-7-21-14/h1-4,7-8H,5H2,(H,22,23). The van der Waals surface area contributed by atoms with Crippen LogP contribution in [0, 0.1) is 11.3 Å². The Morgan fingerprint density at radius 2 is 2.12 bits per heavy atom. The van der Waals surface area contributed by atoms with Crippen molar-refractivity contribution in [1.82, 2.24) is 4.98 Å². The van der Waals surface area contributed by atoms with Crippen LogP contribution < -0.4 is 10.1 Å². The number of hydrogen-bond donors (Lipinski definition) is 1. The van der Waals surface area contributed by atoms with Crippen LogP contribution >= 0.6 is 11.6 Å². The Morgan fingerprint density at radius 3 is 2.75 bits per heavy atom. The Kier molecular flexibility index (Phi) is 5.26. The van der Waals surface area contributed by atoms with Gasteiger partial charge in [-0.1, -0.05) is 11.6 Å². The number of nitrogens with zero attached hydrogens (tertiary/aromatic N) is 2. The van der Waals surface area contributed by atoms with Gasteiger partial charge in [0.15, 0.2) is 0 Å². The molecule has 24 heavy (non-hydrogen) atoms. The van der Waals surface area contributed by atoms with E-state index in [1.807, 2.05) is 0 Å². The highest BCUT2D eigenvalue weighted by Crippen LogP contribution is 2.38. The monoisotopic (exact) mass is 355 g/mol. The molecule has 0 bridgehead atoms. The molecule has 1 aromatic carbocycles. The average molecular weight is 356 g/mol. The fourth-order valence-electron chi connectivity index (χ4n) is 1.73. The number of rotatable bonds is 4. The van der Waals surface area contributed by atoms with E-state index in [4.69, 9.17) is 21.6 Å². The zero-order chi connectivity index (χ0) is 17.7. The van der Waals surface area contributed by atoms with Crippen LogP contribution in [0.15, 0.2) is 36.5 Å². The van der Waals surface area contributed by atoms with Gasteiger partial charge in [0.05, 0.1) is 11.1 Å². The first-order chi connectivity index (χ1) is 11.3. The lowest BCUT2D eigenvalue weighted by Gasteiger charge is -2.13. The minimum Gasteiger partial charge on any atom is -0.437 e. The van der Waals surface area contributed by atoms with E-state index in [1.165, 1.54) is 18.2 Å². The minimum atomic E-state index is -4.62. The molecule has 0 aliphatic rings. The van der Waals surface area contributed by atoms with Crippen molar-refractivity contribution in [2.24, 2.45) is 0 Å². The van der Waals surface area contributed by atoms with Gasteiger partial charge < -0.3 is 10.1 Å². The SMILES string of the molecule is N#CCC(=O)Nc1ccc(Oc2ncccc2C(F)(F)F)c(Cl)c1. The minimum absolute atomic E-state index is 0.0245. The summed E-state index contributed by atoms with van der Waals surface area (Å²) >= 11 is 5.96. The molecule has 1 N–H and O–H groups in total. The number of amides is 1. The summed E-state index contributed by atoms with van der Waals surface area (Å²) in [6, 6.07) is 7.63. The van der Waals surface area contributed by atoms with Gasteiger partial charge in [0.2, 0.25) is 11.8 Å². The van der Waals surface area contributed by atoms with Gasteiger partial charge in [-0.25, -0.2) is 4.98 Å². The molecular formula is C15H9ClF3N3O2. The van der Waals surface area contributed by atoms with E-state index in [2.05, 4.69) is 10.3 Å². The summed E-state index contributed by atoms with van der Waals surface area (Å²) in [7, 11) is 0. The molecule has 0 aliphatic carbocycles. The van der Waals surface area contributed by atoms with Crippen molar-refractivity contribution in [3.05, 3.63) is 47.1 Å². The van der Waals surface area contributed by atoms with Crippen molar-refractivity contribution in [1.29, 1.82) is 5.26 Å². The molecule has 9 heteroatoms. The van der Waals surface area contributed by atoms with E-state index in [0.717, 1.165) is 18.3 Å². The number of carbonyl (C=O) groups excluding carboxylic acids is 1. The van der Waals surface area contributed by atoms with Crippen LogP contribution in [0.4, 0.5) is 18.9 Å². The van der Waals surface area contributed by atoms with Gasteiger partial charge in [0.25, 0.3) is 0 Å². The first-order valence-electron chi connectivity index (χ1n) is 6.47. The molecule has 0 atom stereocenters. The Hall–Kier alpha value is -2.79. The Balaban J connectivity index is 2.23. The number of carbonyl (C=O) groups is 1. The van der Waals surface area contributed by atoms with Gasteiger partial charge in [0.1, 0.15) is 17.7 Å². The maximum absolute atomic E-state index is 12.9. The van der Waals surface area contributed by atoms with Crippen LogP contribution in [0.5, 0.6) is 11.6 Å². The number of nitrogens with one attached hydrogen (secondary N) is 1. The second-order valence-corrected chi connectivity index (χ2v) is 4.89. The maximum Gasteiger partial charge on any atom is 0.421 e. The van der Waals surface area contributed by atoms with Crippen molar-refractivity contribution in [2.45, 2.75) is 12.6 Å². The van der Waals surface area contributed by atoms with Crippen molar-refractivity contribution >= 4 is 23.2 Å². The lowest BCUT2D eigenvalue weighted by molar-refractivity contribution is -0.138. The lowest BCUT2D eigenvalue weighted by Crippen LogP contribution is -2.10. The topological polar surface area (TPSA) is 75.0 Å². The third-order valence-electron chi connectivity index (χ3n) is 2.74. The molecule has 1 aromatic heterocycles. The molecule has 5 nitrogen and oxygen atoms in total. The molecule has 0 saturated carbocycles. The number of halogens is 4. The third-order valence-corrected chi connectivity index (χ3v) is 3.03. The van der Waals surface area contributed by atoms with E-state index in [9.17, 15) is 18.0 Å². The van der Waals surface area contributed by atoms with Crippen LogP contribution in [0.3, 0.4) is 0 Å². The zero-order valence-corrected chi connectivity index (χ0v) is 12.6. The second kappa shape index (κ2) is 7.19. The first-order valence-corrected chi connectivity index (χ1v) is 6.85. The lowest BCUT2D eigenvalue weighted by atomic mass is 10.2. The maximum atomic E-state index is 12.9. The first kappa shape index (κ1) is 17.6.